The third kappa shape index (κ3) is 4.88. The fourth-order valence-electron chi connectivity index (χ4n) is 5.97. The van der Waals surface area contributed by atoms with Gasteiger partial charge in [-0.2, -0.15) is 0 Å². The maximum atomic E-state index is 14.5. The van der Waals surface area contributed by atoms with Gasteiger partial charge in [0.25, 0.3) is 0 Å². The first kappa shape index (κ1) is 22.5. The highest BCUT2D eigenvalue weighted by molar-refractivity contribution is 5.33. The van der Waals surface area contributed by atoms with Crippen LogP contribution in [0.4, 0.5) is 4.39 Å². The molecule has 4 rings (SSSR count). The third-order valence-corrected chi connectivity index (χ3v) is 7.49. The molecule has 2 nitrogen and oxygen atoms in total. The van der Waals surface area contributed by atoms with Crippen LogP contribution < -0.4 is 0 Å². The second-order valence-corrected chi connectivity index (χ2v) is 10.4. The Bertz CT molecular complexity index is 847. The Labute approximate surface area is 188 Å². The Kier molecular flexibility index (Phi) is 6.83. The zero-order chi connectivity index (χ0) is 22.0. The van der Waals surface area contributed by atoms with Crippen LogP contribution in [0, 0.1) is 0 Å². The maximum Gasteiger partial charge on any atom is 0.103 e. The van der Waals surface area contributed by atoms with Crippen molar-refractivity contribution >= 4 is 0 Å². The molecule has 168 valence electrons. The lowest BCUT2D eigenvalue weighted by Crippen LogP contribution is -2.51. The number of hydrogen-bond acceptors (Lipinski definition) is 2. The third-order valence-electron chi connectivity index (χ3n) is 7.49. The molecule has 0 unspecified atom stereocenters. The Morgan fingerprint density at radius 2 is 1.65 bits per heavy atom. The minimum Gasteiger partial charge on any atom is -0.294 e. The van der Waals surface area contributed by atoms with Gasteiger partial charge in [-0.3, -0.25) is 9.80 Å². The Morgan fingerprint density at radius 1 is 0.935 bits per heavy atom. The molecule has 2 aromatic rings. The summed E-state index contributed by atoms with van der Waals surface area (Å²) in [7, 11) is 0. The Morgan fingerprint density at radius 3 is 2.39 bits per heavy atom. The first-order valence-electron chi connectivity index (χ1n) is 12.2. The molecule has 0 saturated carbocycles. The molecule has 2 fully saturated rings. The summed E-state index contributed by atoms with van der Waals surface area (Å²) in [5.41, 5.74) is 4.16. The zero-order valence-electron chi connectivity index (χ0n) is 19.7. The van der Waals surface area contributed by atoms with Gasteiger partial charge < -0.3 is 0 Å². The molecule has 0 aliphatic carbocycles. The Balaban J connectivity index is 1.61. The molecule has 0 bridgehead atoms. The molecule has 3 heteroatoms. The van der Waals surface area contributed by atoms with E-state index in [4.69, 9.17) is 0 Å². The van der Waals surface area contributed by atoms with E-state index in [2.05, 4.69) is 86.0 Å². The summed E-state index contributed by atoms with van der Waals surface area (Å²) in [5, 5.41) is 0. The molecular weight excluding hydrogens is 383 g/mol. The van der Waals surface area contributed by atoms with Gasteiger partial charge in [0.2, 0.25) is 0 Å². The standard InChI is InChI=1S/C28H39FN2/c1-21(2)30-17-10-15-26(30)25-14-9-8-13-23(25)20-28(3,4)31-18-16-24(29)19-27(31)22-11-6-5-7-12-22/h5-9,11-14,21,24,26-27H,10,15-20H2,1-4H3/t24-,26-,27-/m0/s1. The van der Waals surface area contributed by atoms with E-state index in [1.807, 2.05) is 6.07 Å². The number of piperidine rings is 1. The number of hydrogen-bond donors (Lipinski definition) is 0. The number of benzene rings is 2. The molecule has 2 aliphatic heterocycles. The van der Waals surface area contributed by atoms with Crippen molar-refractivity contribution in [2.24, 2.45) is 0 Å². The van der Waals surface area contributed by atoms with Crippen LogP contribution in [0.5, 0.6) is 0 Å². The predicted octanol–water partition coefficient (Wildman–Crippen LogP) is 6.73. The molecule has 0 radical (unpaired) electrons. The molecule has 2 heterocycles. The van der Waals surface area contributed by atoms with E-state index >= 15 is 0 Å². The van der Waals surface area contributed by atoms with Gasteiger partial charge in [-0.25, -0.2) is 4.39 Å². The van der Waals surface area contributed by atoms with Crippen molar-refractivity contribution < 1.29 is 4.39 Å². The predicted molar refractivity (Wildman–Crippen MR) is 128 cm³/mol. The van der Waals surface area contributed by atoms with Crippen molar-refractivity contribution in [3.05, 3.63) is 71.3 Å². The van der Waals surface area contributed by atoms with Gasteiger partial charge in [0, 0.05) is 30.2 Å². The van der Waals surface area contributed by atoms with Crippen molar-refractivity contribution in [1.82, 2.24) is 9.80 Å². The fraction of sp³-hybridized carbons (Fsp3) is 0.571. The van der Waals surface area contributed by atoms with Crippen molar-refractivity contribution in [1.29, 1.82) is 0 Å². The molecule has 0 amide bonds. The summed E-state index contributed by atoms with van der Waals surface area (Å²) >= 11 is 0. The summed E-state index contributed by atoms with van der Waals surface area (Å²) < 4.78 is 14.5. The molecule has 31 heavy (non-hydrogen) atoms. The minimum absolute atomic E-state index is 0.0436. The topological polar surface area (TPSA) is 6.48 Å². The molecule has 0 N–H and O–H groups in total. The maximum absolute atomic E-state index is 14.5. The normalized spacial score (nSPS) is 25.9. The van der Waals surface area contributed by atoms with Gasteiger partial charge in [0.15, 0.2) is 0 Å². The van der Waals surface area contributed by atoms with Crippen LogP contribution in [0.15, 0.2) is 54.6 Å². The van der Waals surface area contributed by atoms with Crippen LogP contribution in [-0.4, -0.2) is 40.6 Å². The molecule has 3 atom stereocenters. The van der Waals surface area contributed by atoms with E-state index in [1.54, 1.807) is 0 Å². The first-order chi connectivity index (χ1) is 14.9. The number of likely N-dealkylation sites (tertiary alicyclic amines) is 2. The lowest BCUT2D eigenvalue weighted by atomic mass is 9.83. The molecule has 0 spiro atoms. The van der Waals surface area contributed by atoms with Crippen molar-refractivity contribution in [2.45, 2.75) is 89.6 Å². The summed E-state index contributed by atoms with van der Waals surface area (Å²) in [6.45, 7) is 11.4. The van der Waals surface area contributed by atoms with Crippen LogP contribution >= 0.6 is 0 Å². The van der Waals surface area contributed by atoms with Crippen LogP contribution in [-0.2, 0) is 6.42 Å². The highest BCUT2D eigenvalue weighted by Gasteiger charge is 2.39. The number of alkyl halides is 1. The zero-order valence-corrected chi connectivity index (χ0v) is 19.7. The largest absolute Gasteiger partial charge is 0.294 e. The second-order valence-electron chi connectivity index (χ2n) is 10.4. The summed E-state index contributed by atoms with van der Waals surface area (Å²) in [4.78, 5) is 5.23. The molecule has 2 saturated heterocycles. The van der Waals surface area contributed by atoms with Crippen LogP contribution in [0.1, 0.15) is 82.2 Å². The number of nitrogens with zero attached hydrogens (tertiary/aromatic N) is 2. The van der Waals surface area contributed by atoms with Crippen molar-refractivity contribution in [2.75, 3.05) is 13.1 Å². The smallest absolute Gasteiger partial charge is 0.103 e. The summed E-state index contributed by atoms with van der Waals surface area (Å²) in [5.74, 6) is 0. The molecular formula is C28H39FN2. The summed E-state index contributed by atoms with van der Waals surface area (Å²) in [6, 6.07) is 20.8. The monoisotopic (exact) mass is 422 g/mol. The first-order valence-corrected chi connectivity index (χ1v) is 12.2. The molecule has 0 aromatic heterocycles. The highest BCUT2D eigenvalue weighted by Crippen LogP contribution is 2.41. The van der Waals surface area contributed by atoms with Gasteiger partial charge in [0.1, 0.15) is 6.17 Å². The average Bonchev–Trinajstić information content (AvgIpc) is 3.24. The van der Waals surface area contributed by atoms with Gasteiger partial charge in [-0.1, -0.05) is 54.6 Å². The SMILES string of the molecule is CC(C)N1CCC[C@H]1c1ccccc1CC(C)(C)N1CC[C@H](F)C[C@H]1c1ccccc1. The lowest BCUT2D eigenvalue weighted by Gasteiger charge is -2.48. The van der Waals surface area contributed by atoms with E-state index in [0.29, 0.717) is 24.9 Å². The van der Waals surface area contributed by atoms with Gasteiger partial charge in [0.05, 0.1) is 0 Å². The quantitative estimate of drug-likeness (QED) is 0.509. The van der Waals surface area contributed by atoms with Crippen LogP contribution in [0.25, 0.3) is 0 Å². The lowest BCUT2D eigenvalue weighted by molar-refractivity contribution is 0.00978. The van der Waals surface area contributed by atoms with Crippen LogP contribution in [0.2, 0.25) is 0 Å². The van der Waals surface area contributed by atoms with Crippen LogP contribution in [0.3, 0.4) is 0 Å². The van der Waals surface area contributed by atoms with Gasteiger partial charge in [-0.05, 0) is 83.0 Å². The van der Waals surface area contributed by atoms with E-state index in [0.717, 1.165) is 13.0 Å². The second kappa shape index (κ2) is 9.42. The van der Waals surface area contributed by atoms with E-state index in [1.165, 1.54) is 36.1 Å². The van der Waals surface area contributed by atoms with E-state index in [9.17, 15) is 4.39 Å². The number of rotatable bonds is 6. The molecule has 2 aliphatic rings. The van der Waals surface area contributed by atoms with Crippen molar-refractivity contribution in [3.63, 3.8) is 0 Å². The van der Waals surface area contributed by atoms with E-state index < -0.39 is 6.17 Å². The van der Waals surface area contributed by atoms with Gasteiger partial charge >= 0.3 is 0 Å². The van der Waals surface area contributed by atoms with E-state index in [-0.39, 0.29) is 11.6 Å². The van der Waals surface area contributed by atoms with Crippen molar-refractivity contribution in [3.8, 4) is 0 Å². The number of halogens is 1. The Hall–Kier alpha value is -1.71. The molecule has 2 aromatic carbocycles. The minimum atomic E-state index is -0.706. The fourth-order valence-corrected chi connectivity index (χ4v) is 5.97. The highest BCUT2D eigenvalue weighted by atomic mass is 19.1. The average molecular weight is 423 g/mol. The summed E-state index contributed by atoms with van der Waals surface area (Å²) in [6.07, 6.45) is 4.04. The van der Waals surface area contributed by atoms with Gasteiger partial charge in [-0.15, -0.1) is 0 Å².